The van der Waals surface area contributed by atoms with Crippen LogP contribution in [0.1, 0.15) is 25.7 Å². The van der Waals surface area contributed by atoms with Crippen molar-refractivity contribution in [3.8, 4) is 0 Å². The SMILES string of the molecule is CSCCCCCCNc1ncnc2ccsc12. The highest BCUT2D eigenvalue weighted by Crippen LogP contribution is 2.24. The van der Waals surface area contributed by atoms with Gasteiger partial charge in [0.05, 0.1) is 10.2 Å². The molecule has 0 aliphatic heterocycles. The summed E-state index contributed by atoms with van der Waals surface area (Å²) in [7, 11) is 0. The molecule has 0 radical (unpaired) electrons. The van der Waals surface area contributed by atoms with Crippen molar-refractivity contribution < 1.29 is 0 Å². The number of nitrogens with zero attached hydrogens (tertiary/aromatic N) is 2. The van der Waals surface area contributed by atoms with E-state index < -0.39 is 0 Å². The van der Waals surface area contributed by atoms with Gasteiger partial charge in [-0.15, -0.1) is 11.3 Å². The highest BCUT2D eigenvalue weighted by molar-refractivity contribution is 7.98. The van der Waals surface area contributed by atoms with Gasteiger partial charge in [-0.05, 0) is 36.3 Å². The highest BCUT2D eigenvalue weighted by Gasteiger charge is 2.03. The van der Waals surface area contributed by atoms with Crippen molar-refractivity contribution in [2.75, 3.05) is 23.9 Å². The predicted molar refractivity (Wildman–Crippen MR) is 82.8 cm³/mol. The van der Waals surface area contributed by atoms with Gasteiger partial charge in [0, 0.05) is 6.54 Å². The van der Waals surface area contributed by atoms with Crippen molar-refractivity contribution in [3.05, 3.63) is 17.8 Å². The van der Waals surface area contributed by atoms with Crippen LogP contribution in [0.15, 0.2) is 17.8 Å². The molecule has 2 heterocycles. The fourth-order valence-corrected chi connectivity index (χ4v) is 3.15. The lowest BCUT2D eigenvalue weighted by Crippen LogP contribution is -2.03. The number of nitrogens with one attached hydrogen (secondary N) is 1. The Morgan fingerprint density at radius 3 is 3.00 bits per heavy atom. The van der Waals surface area contributed by atoms with E-state index >= 15 is 0 Å². The van der Waals surface area contributed by atoms with Gasteiger partial charge in [0.15, 0.2) is 0 Å². The minimum absolute atomic E-state index is 0.985. The average Bonchev–Trinajstić information content (AvgIpc) is 2.86. The molecule has 0 aromatic carbocycles. The van der Waals surface area contributed by atoms with Crippen LogP contribution in [0.3, 0.4) is 0 Å². The lowest BCUT2D eigenvalue weighted by atomic mass is 10.2. The monoisotopic (exact) mass is 281 g/mol. The quantitative estimate of drug-likeness (QED) is 0.741. The van der Waals surface area contributed by atoms with Crippen molar-refractivity contribution in [2.45, 2.75) is 25.7 Å². The maximum Gasteiger partial charge on any atom is 0.147 e. The fourth-order valence-electron chi connectivity index (χ4n) is 1.85. The van der Waals surface area contributed by atoms with E-state index in [1.54, 1.807) is 17.7 Å². The summed E-state index contributed by atoms with van der Waals surface area (Å²) in [6.07, 6.45) is 8.99. The van der Waals surface area contributed by atoms with Crippen LogP contribution in [0.2, 0.25) is 0 Å². The molecule has 0 unspecified atom stereocenters. The Morgan fingerprint density at radius 1 is 1.22 bits per heavy atom. The minimum Gasteiger partial charge on any atom is -0.369 e. The van der Waals surface area contributed by atoms with Crippen LogP contribution < -0.4 is 5.32 Å². The zero-order chi connectivity index (χ0) is 12.6. The number of thioether (sulfide) groups is 1. The molecule has 3 nitrogen and oxygen atoms in total. The Hall–Kier alpha value is -0.810. The van der Waals surface area contributed by atoms with Gasteiger partial charge in [-0.1, -0.05) is 12.8 Å². The number of rotatable bonds is 8. The van der Waals surface area contributed by atoms with Crippen LogP contribution in [0.5, 0.6) is 0 Å². The zero-order valence-corrected chi connectivity index (χ0v) is 12.3. The molecule has 2 aromatic heterocycles. The third kappa shape index (κ3) is 3.85. The van der Waals surface area contributed by atoms with Crippen molar-refractivity contribution >= 4 is 39.1 Å². The highest BCUT2D eigenvalue weighted by atomic mass is 32.2. The summed E-state index contributed by atoms with van der Waals surface area (Å²) < 4.78 is 1.17. The molecular weight excluding hydrogens is 262 g/mol. The standard InChI is InChI=1S/C13H19N3S2/c1-17-8-5-3-2-4-7-14-13-12-11(6-9-18-12)15-10-16-13/h6,9-10H,2-5,7-8H2,1H3,(H,14,15,16). The van der Waals surface area contributed by atoms with Crippen LogP contribution in [-0.2, 0) is 0 Å². The number of fused-ring (bicyclic) bond motifs is 1. The Labute approximate surface area is 116 Å². The predicted octanol–water partition coefficient (Wildman–Crippen LogP) is 4.03. The molecular formula is C13H19N3S2. The summed E-state index contributed by atoms with van der Waals surface area (Å²) in [5.41, 5.74) is 1.04. The van der Waals surface area contributed by atoms with Gasteiger partial charge in [0.2, 0.25) is 0 Å². The topological polar surface area (TPSA) is 37.8 Å². The molecule has 0 aliphatic rings. The molecule has 0 saturated heterocycles. The summed E-state index contributed by atoms with van der Waals surface area (Å²) in [6, 6.07) is 2.04. The summed E-state index contributed by atoms with van der Waals surface area (Å²) in [5, 5.41) is 5.48. The molecule has 0 fully saturated rings. The Morgan fingerprint density at radius 2 is 2.11 bits per heavy atom. The second-order valence-corrected chi connectivity index (χ2v) is 6.09. The first-order valence-corrected chi connectivity index (χ1v) is 8.60. The molecule has 0 atom stereocenters. The maximum absolute atomic E-state index is 4.31. The molecule has 18 heavy (non-hydrogen) atoms. The summed E-state index contributed by atoms with van der Waals surface area (Å²) in [5.74, 6) is 2.27. The van der Waals surface area contributed by atoms with E-state index in [9.17, 15) is 0 Å². The van der Waals surface area contributed by atoms with E-state index in [-0.39, 0.29) is 0 Å². The van der Waals surface area contributed by atoms with Gasteiger partial charge in [0.25, 0.3) is 0 Å². The van der Waals surface area contributed by atoms with Crippen LogP contribution in [0, 0.1) is 0 Å². The summed E-state index contributed by atoms with van der Waals surface area (Å²) in [4.78, 5) is 8.55. The summed E-state index contributed by atoms with van der Waals surface area (Å²) in [6.45, 7) is 1.00. The minimum atomic E-state index is 0.985. The molecule has 1 N–H and O–H groups in total. The van der Waals surface area contributed by atoms with E-state index in [1.165, 1.54) is 36.1 Å². The molecule has 0 saturated carbocycles. The van der Waals surface area contributed by atoms with Crippen molar-refractivity contribution in [1.82, 2.24) is 9.97 Å². The van der Waals surface area contributed by atoms with Crippen LogP contribution >= 0.6 is 23.1 Å². The number of hydrogen-bond donors (Lipinski definition) is 1. The first-order chi connectivity index (χ1) is 8.92. The van der Waals surface area contributed by atoms with Gasteiger partial charge < -0.3 is 5.32 Å². The molecule has 98 valence electrons. The fraction of sp³-hybridized carbons (Fsp3) is 0.538. The van der Waals surface area contributed by atoms with Crippen LogP contribution in [-0.4, -0.2) is 28.5 Å². The molecule has 5 heteroatoms. The Balaban J connectivity index is 1.72. The number of aromatic nitrogens is 2. The number of anilines is 1. The largest absolute Gasteiger partial charge is 0.369 e. The van der Waals surface area contributed by atoms with E-state index in [4.69, 9.17) is 0 Å². The molecule has 2 rings (SSSR count). The first kappa shape index (κ1) is 13.6. The van der Waals surface area contributed by atoms with Crippen molar-refractivity contribution in [3.63, 3.8) is 0 Å². The smallest absolute Gasteiger partial charge is 0.147 e. The van der Waals surface area contributed by atoms with Crippen LogP contribution in [0.4, 0.5) is 5.82 Å². The Bertz CT molecular complexity index is 470. The van der Waals surface area contributed by atoms with E-state index in [2.05, 4.69) is 26.9 Å². The van der Waals surface area contributed by atoms with Gasteiger partial charge >= 0.3 is 0 Å². The second kappa shape index (κ2) is 7.59. The molecule has 0 bridgehead atoms. The number of unbranched alkanes of at least 4 members (excludes halogenated alkanes) is 3. The lowest BCUT2D eigenvalue weighted by Gasteiger charge is -2.05. The molecule has 2 aromatic rings. The average molecular weight is 281 g/mol. The maximum atomic E-state index is 4.31. The number of hydrogen-bond acceptors (Lipinski definition) is 5. The molecule has 0 aliphatic carbocycles. The van der Waals surface area contributed by atoms with E-state index in [0.717, 1.165) is 17.9 Å². The van der Waals surface area contributed by atoms with Crippen molar-refractivity contribution in [2.24, 2.45) is 0 Å². The molecule has 0 amide bonds. The summed E-state index contributed by atoms with van der Waals surface area (Å²) >= 11 is 3.63. The first-order valence-electron chi connectivity index (χ1n) is 6.33. The third-order valence-electron chi connectivity index (χ3n) is 2.81. The molecule has 0 spiro atoms. The van der Waals surface area contributed by atoms with Gasteiger partial charge in [0.1, 0.15) is 12.1 Å². The van der Waals surface area contributed by atoms with Crippen molar-refractivity contribution in [1.29, 1.82) is 0 Å². The Kier molecular flexibility index (Phi) is 5.74. The lowest BCUT2D eigenvalue weighted by molar-refractivity contribution is 0.688. The van der Waals surface area contributed by atoms with Gasteiger partial charge in [-0.2, -0.15) is 11.8 Å². The number of thiophene rings is 1. The van der Waals surface area contributed by atoms with Gasteiger partial charge in [-0.3, -0.25) is 0 Å². The van der Waals surface area contributed by atoms with E-state index in [1.807, 2.05) is 17.8 Å². The normalized spacial score (nSPS) is 10.9. The van der Waals surface area contributed by atoms with Gasteiger partial charge in [-0.25, -0.2) is 9.97 Å². The van der Waals surface area contributed by atoms with E-state index in [0.29, 0.717) is 0 Å². The second-order valence-electron chi connectivity index (χ2n) is 4.19. The van der Waals surface area contributed by atoms with Crippen LogP contribution in [0.25, 0.3) is 10.2 Å². The third-order valence-corrected chi connectivity index (χ3v) is 4.42. The zero-order valence-electron chi connectivity index (χ0n) is 10.7.